The van der Waals surface area contributed by atoms with Crippen LogP contribution in [-0.2, 0) is 0 Å². The van der Waals surface area contributed by atoms with E-state index in [1.165, 1.54) is 0 Å². The molecule has 0 spiro atoms. The van der Waals surface area contributed by atoms with Crippen LogP contribution in [0.3, 0.4) is 0 Å². The van der Waals surface area contributed by atoms with Gasteiger partial charge in [-0.1, -0.05) is 12.2 Å². The number of hydrogen-bond donors (Lipinski definition) is 1. The summed E-state index contributed by atoms with van der Waals surface area (Å²) in [4.78, 5) is 2.06. The first-order valence-corrected chi connectivity index (χ1v) is 3.92. The Morgan fingerprint density at radius 2 is 2.27 bits per heavy atom. The van der Waals surface area contributed by atoms with Crippen molar-refractivity contribution in [3.8, 4) is 0 Å². The van der Waals surface area contributed by atoms with Crippen LogP contribution in [0.2, 0.25) is 0 Å². The van der Waals surface area contributed by atoms with Crippen LogP contribution in [0.25, 0.3) is 0 Å². The van der Waals surface area contributed by atoms with E-state index in [-0.39, 0.29) is 0 Å². The maximum absolute atomic E-state index is 9.42. The van der Waals surface area contributed by atoms with Crippen molar-refractivity contribution < 1.29 is 5.11 Å². The van der Waals surface area contributed by atoms with E-state index in [1.807, 2.05) is 20.2 Å². The molecule has 0 amide bonds. The first-order valence-electron chi connectivity index (χ1n) is 3.92. The number of allylic oxidation sites excluding steroid dienone is 2. The highest BCUT2D eigenvalue weighted by molar-refractivity contribution is 5.26. The van der Waals surface area contributed by atoms with Crippen LogP contribution in [0.1, 0.15) is 12.8 Å². The van der Waals surface area contributed by atoms with Crippen molar-refractivity contribution in [3.63, 3.8) is 0 Å². The summed E-state index contributed by atoms with van der Waals surface area (Å²) in [5, 5.41) is 9.42. The fourth-order valence-electron chi connectivity index (χ4n) is 1.19. The molecule has 1 aliphatic rings. The summed E-state index contributed by atoms with van der Waals surface area (Å²) in [6, 6.07) is 0. The van der Waals surface area contributed by atoms with Crippen LogP contribution in [0, 0.1) is 0 Å². The highest BCUT2D eigenvalue weighted by Crippen LogP contribution is 2.16. The maximum atomic E-state index is 9.42. The molecule has 11 heavy (non-hydrogen) atoms. The lowest BCUT2D eigenvalue weighted by atomic mass is 10.1. The zero-order valence-electron chi connectivity index (χ0n) is 7.17. The standard InChI is InChI=1S/C9H15NO/c1-10(2)7-8-5-3-4-6-9(8)11/h3,5,11H,4,6-7H2,1-2H3. The molecule has 0 bridgehead atoms. The lowest BCUT2D eigenvalue weighted by Gasteiger charge is -2.14. The molecule has 0 aromatic heterocycles. The number of aliphatic hydroxyl groups excluding tert-OH is 1. The Morgan fingerprint density at radius 3 is 2.82 bits per heavy atom. The first-order chi connectivity index (χ1) is 5.20. The second kappa shape index (κ2) is 3.58. The molecule has 62 valence electrons. The zero-order chi connectivity index (χ0) is 8.27. The van der Waals surface area contributed by atoms with E-state index < -0.39 is 0 Å². The van der Waals surface area contributed by atoms with E-state index >= 15 is 0 Å². The number of likely N-dealkylation sites (N-methyl/N-ethyl adjacent to an activating group) is 1. The molecular weight excluding hydrogens is 138 g/mol. The third kappa shape index (κ3) is 2.39. The van der Waals surface area contributed by atoms with Crippen molar-refractivity contribution in [2.24, 2.45) is 0 Å². The molecule has 1 aliphatic carbocycles. The third-order valence-corrected chi connectivity index (χ3v) is 1.72. The molecule has 1 rings (SSSR count). The number of nitrogens with zero attached hydrogens (tertiary/aromatic N) is 1. The molecule has 0 aromatic carbocycles. The van der Waals surface area contributed by atoms with Crippen molar-refractivity contribution in [3.05, 3.63) is 23.5 Å². The van der Waals surface area contributed by atoms with Crippen LogP contribution in [0.5, 0.6) is 0 Å². The Kier molecular flexibility index (Phi) is 2.71. The molecular formula is C9H15NO. The van der Waals surface area contributed by atoms with Gasteiger partial charge in [-0.25, -0.2) is 0 Å². The molecule has 0 saturated carbocycles. The van der Waals surface area contributed by atoms with Crippen LogP contribution < -0.4 is 0 Å². The Labute approximate surface area is 67.8 Å². The number of aliphatic hydroxyl groups is 1. The minimum Gasteiger partial charge on any atom is -0.512 e. The normalized spacial score (nSPS) is 18.1. The summed E-state index contributed by atoms with van der Waals surface area (Å²) in [6.45, 7) is 0.836. The Bertz CT molecular complexity index is 192. The first kappa shape index (κ1) is 8.34. The minimum atomic E-state index is 0.557. The predicted molar refractivity (Wildman–Crippen MR) is 46.6 cm³/mol. The molecule has 2 heteroatoms. The van der Waals surface area contributed by atoms with Gasteiger partial charge in [-0.15, -0.1) is 0 Å². The molecule has 0 fully saturated rings. The fraction of sp³-hybridized carbons (Fsp3) is 0.556. The van der Waals surface area contributed by atoms with Crippen molar-refractivity contribution in [1.82, 2.24) is 4.90 Å². The van der Waals surface area contributed by atoms with Gasteiger partial charge in [0.15, 0.2) is 0 Å². The second-order valence-electron chi connectivity index (χ2n) is 3.15. The van der Waals surface area contributed by atoms with Crippen molar-refractivity contribution in [1.29, 1.82) is 0 Å². The van der Waals surface area contributed by atoms with E-state index in [0.29, 0.717) is 5.76 Å². The van der Waals surface area contributed by atoms with Crippen molar-refractivity contribution >= 4 is 0 Å². The van der Waals surface area contributed by atoms with Gasteiger partial charge in [0.25, 0.3) is 0 Å². The van der Waals surface area contributed by atoms with Gasteiger partial charge in [0.2, 0.25) is 0 Å². The molecule has 0 saturated heterocycles. The number of hydrogen-bond acceptors (Lipinski definition) is 2. The Balaban J connectivity index is 2.60. The molecule has 0 heterocycles. The molecule has 0 aliphatic heterocycles. The summed E-state index contributed by atoms with van der Waals surface area (Å²) < 4.78 is 0. The topological polar surface area (TPSA) is 23.5 Å². The van der Waals surface area contributed by atoms with Gasteiger partial charge >= 0.3 is 0 Å². The van der Waals surface area contributed by atoms with E-state index in [4.69, 9.17) is 0 Å². The smallest absolute Gasteiger partial charge is 0.0970 e. The van der Waals surface area contributed by atoms with Gasteiger partial charge in [-0.2, -0.15) is 0 Å². The van der Waals surface area contributed by atoms with Gasteiger partial charge in [0.1, 0.15) is 0 Å². The molecule has 0 unspecified atom stereocenters. The second-order valence-corrected chi connectivity index (χ2v) is 3.15. The van der Waals surface area contributed by atoms with Gasteiger partial charge < -0.3 is 10.0 Å². The Morgan fingerprint density at radius 1 is 1.55 bits per heavy atom. The SMILES string of the molecule is CN(C)CC1=C(O)CCC=C1. The monoisotopic (exact) mass is 153 g/mol. The Hall–Kier alpha value is -0.760. The van der Waals surface area contributed by atoms with Crippen molar-refractivity contribution in [2.45, 2.75) is 12.8 Å². The lowest BCUT2D eigenvalue weighted by molar-refractivity contribution is 0.365. The van der Waals surface area contributed by atoms with Crippen LogP contribution >= 0.6 is 0 Å². The third-order valence-electron chi connectivity index (χ3n) is 1.72. The molecule has 0 atom stereocenters. The largest absolute Gasteiger partial charge is 0.512 e. The summed E-state index contributed by atoms with van der Waals surface area (Å²) in [5.74, 6) is 0.557. The number of rotatable bonds is 2. The average Bonchev–Trinajstić information content (AvgIpc) is 1.93. The van der Waals surface area contributed by atoms with Crippen LogP contribution in [0.4, 0.5) is 0 Å². The zero-order valence-corrected chi connectivity index (χ0v) is 7.17. The average molecular weight is 153 g/mol. The van der Waals surface area contributed by atoms with E-state index in [1.54, 1.807) is 0 Å². The summed E-state index contributed by atoms with van der Waals surface area (Å²) in [5.41, 5.74) is 1.06. The summed E-state index contributed by atoms with van der Waals surface area (Å²) in [7, 11) is 4.01. The van der Waals surface area contributed by atoms with Gasteiger partial charge in [-0.3, -0.25) is 0 Å². The quantitative estimate of drug-likeness (QED) is 0.652. The highest BCUT2D eigenvalue weighted by Gasteiger charge is 2.06. The highest BCUT2D eigenvalue weighted by atomic mass is 16.3. The predicted octanol–water partition coefficient (Wildman–Crippen LogP) is 1.71. The summed E-state index contributed by atoms with van der Waals surface area (Å²) >= 11 is 0. The molecule has 0 radical (unpaired) electrons. The maximum Gasteiger partial charge on any atom is 0.0970 e. The van der Waals surface area contributed by atoms with E-state index in [0.717, 1.165) is 25.0 Å². The van der Waals surface area contributed by atoms with Gasteiger partial charge in [0, 0.05) is 18.5 Å². The van der Waals surface area contributed by atoms with E-state index in [2.05, 4.69) is 11.0 Å². The molecule has 2 nitrogen and oxygen atoms in total. The van der Waals surface area contributed by atoms with E-state index in [9.17, 15) is 5.11 Å². The van der Waals surface area contributed by atoms with Crippen molar-refractivity contribution in [2.75, 3.05) is 20.6 Å². The summed E-state index contributed by atoms with van der Waals surface area (Å²) in [6.07, 6.45) is 5.90. The fourth-order valence-corrected chi connectivity index (χ4v) is 1.19. The van der Waals surface area contributed by atoms with Crippen LogP contribution in [0.15, 0.2) is 23.5 Å². The molecule has 1 N–H and O–H groups in total. The minimum absolute atomic E-state index is 0.557. The van der Waals surface area contributed by atoms with Gasteiger partial charge in [-0.05, 0) is 20.5 Å². The molecule has 0 aromatic rings. The van der Waals surface area contributed by atoms with Crippen LogP contribution in [-0.4, -0.2) is 30.6 Å². The lowest BCUT2D eigenvalue weighted by Crippen LogP contribution is -2.16. The van der Waals surface area contributed by atoms with Gasteiger partial charge in [0.05, 0.1) is 5.76 Å².